The predicted octanol–water partition coefficient (Wildman–Crippen LogP) is 2.71. The number of carbonyl (C=O) groups excluding carboxylic acids is 1. The molecule has 9 heteroatoms. The monoisotopic (exact) mass is 454 g/mol. The van der Waals surface area contributed by atoms with Crippen LogP contribution in [0.3, 0.4) is 0 Å². The number of pyridine rings is 1. The first-order valence-electron chi connectivity index (χ1n) is 10.5. The van der Waals surface area contributed by atoms with Gasteiger partial charge in [0.05, 0.1) is 0 Å². The number of hydrogen-bond donors (Lipinski definition) is 1. The molecule has 8 nitrogen and oxygen atoms in total. The summed E-state index contributed by atoms with van der Waals surface area (Å²) < 4.78 is 34.3. The number of nitrogens with one attached hydrogen (secondary N) is 1. The lowest BCUT2D eigenvalue weighted by atomic mass is 10.2. The highest BCUT2D eigenvalue weighted by Crippen LogP contribution is 2.22. The van der Waals surface area contributed by atoms with Gasteiger partial charge in [0, 0.05) is 45.1 Å². The maximum Gasteiger partial charge on any atom is 0.268 e. The van der Waals surface area contributed by atoms with E-state index < -0.39 is 10.0 Å². The Morgan fingerprint density at radius 3 is 2.59 bits per heavy atom. The van der Waals surface area contributed by atoms with Gasteiger partial charge in [-0.25, -0.2) is 13.4 Å². The van der Waals surface area contributed by atoms with Gasteiger partial charge >= 0.3 is 0 Å². The molecule has 168 valence electrons. The Labute approximate surface area is 187 Å². The van der Waals surface area contributed by atoms with Crippen molar-refractivity contribution in [3.63, 3.8) is 0 Å². The molecule has 1 saturated heterocycles. The number of ether oxygens (including phenoxy) is 1. The summed E-state index contributed by atoms with van der Waals surface area (Å²) in [5, 5.41) is 2.84. The normalized spacial score (nSPS) is 14.4. The predicted molar refractivity (Wildman–Crippen MR) is 120 cm³/mol. The second-order valence-corrected chi connectivity index (χ2v) is 9.68. The molecule has 1 aliphatic rings. The fourth-order valence-electron chi connectivity index (χ4n) is 3.62. The number of hydrogen-bond acceptors (Lipinski definition) is 5. The highest BCUT2D eigenvalue weighted by Gasteiger charge is 2.29. The van der Waals surface area contributed by atoms with Gasteiger partial charge in [-0.15, -0.1) is 0 Å². The van der Waals surface area contributed by atoms with Crippen LogP contribution in [0, 0.1) is 0 Å². The zero-order chi connectivity index (χ0) is 22.6. The van der Waals surface area contributed by atoms with Crippen LogP contribution in [-0.2, 0) is 30.2 Å². The highest BCUT2D eigenvalue weighted by atomic mass is 32.2. The van der Waals surface area contributed by atoms with Crippen LogP contribution in [0.2, 0.25) is 0 Å². The van der Waals surface area contributed by atoms with E-state index in [4.69, 9.17) is 4.74 Å². The van der Waals surface area contributed by atoms with E-state index in [1.54, 1.807) is 29.9 Å². The molecule has 1 aromatic carbocycles. The van der Waals surface area contributed by atoms with Crippen molar-refractivity contribution in [3.8, 4) is 5.88 Å². The van der Waals surface area contributed by atoms with Crippen LogP contribution in [0.25, 0.3) is 0 Å². The fraction of sp³-hybridized carbons (Fsp3) is 0.304. The first-order valence-corrected chi connectivity index (χ1v) is 11.9. The summed E-state index contributed by atoms with van der Waals surface area (Å²) >= 11 is 0. The molecule has 1 aliphatic heterocycles. The van der Waals surface area contributed by atoms with E-state index in [-0.39, 0.29) is 23.0 Å². The number of aryl methyl sites for hydroxylation is 1. The number of carbonyl (C=O) groups is 1. The second-order valence-electron chi connectivity index (χ2n) is 7.74. The molecule has 0 bridgehead atoms. The number of nitrogens with zero attached hydrogens (tertiary/aromatic N) is 3. The van der Waals surface area contributed by atoms with Gasteiger partial charge in [-0.3, -0.25) is 4.79 Å². The lowest BCUT2D eigenvalue weighted by Gasteiger charge is -2.13. The first kappa shape index (κ1) is 22.0. The molecule has 0 atom stereocenters. The average molecular weight is 455 g/mol. The lowest BCUT2D eigenvalue weighted by molar-refractivity contribution is 0.0942. The van der Waals surface area contributed by atoms with Gasteiger partial charge in [-0.1, -0.05) is 30.3 Å². The number of rotatable bonds is 8. The standard InChI is InChI=1S/C23H26N4O4S/c1-26-16-20(32(29,30)27-11-5-6-12-27)14-21(26)23(28)25-15-19-9-10-24-22(13-19)31-17-18-7-3-2-4-8-18/h2-4,7-10,13-14,16H,5-6,11-12,15,17H2,1H3,(H,25,28). The smallest absolute Gasteiger partial charge is 0.268 e. The van der Waals surface area contributed by atoms with E-state index in [1.165, 1.54) is 16.6 Å². The van der Waals surface area contributed by atoms with Crippen molar-refractivity contribution in [3.05, 3.63) is 77.7 Å². The number of aromatic nitrogens is 2. The fourth-order valence-corrected chi connectivity index (χ4v) is 5.21. The molecule has 0 saturated carbocycles. The Hall–Kier alpha value is -3.17. The Bertz CT molecular complexity index is 1190. The van der Waals surface area contributed by atoms with Crippen LogP contribution in [0.15, 0.2) is 65.8 Å². The molecular weight excluding hydrogens is 428 g/mol. The molecule has 4 rings (SSSR count). The minimum atomic E-state index is -3.57. The SMILES string of the molecule is Cn1cc(S(=O)(=O)N2CCCC2)cc1C(=O)NCc1ccnc(OCc2ccccc2)c1. The van der Waals surface area contributed by atoms with E-state index in [1.807, 2.05) is 30.3 Å². The summed E-state index contributed by atoms with van der Waals surface area (Å²) in [5.41, 5.74) is 2.16. The van der Waals surface area contributed by atoms with Crippen molar-refractivity contribution < 1.29 is 17.9 Å². The van der Waals surface area contributed by atoms with Crippen molar-refractivity contribution in [2.75, 3.05) is 13.1 Å². The van der Waals surface area contributed by atoms with Gasteiger partial charge in [0.25, 0.3) is 5.91 Å². The van der Waals surface area contributed by atoms with E-state index in [0.29, 0.717) is 25.6 Å². The van der Waals surface area contributed by atoms with Crippen LogP contribution in [-0.4, -0.2) is 41.3 Å². The molecule has 0 radical (unpaired) electrons. The summed E-state index contributed by atoms with van der Waals surface area (Å²) in [7, 11) is -1.90. The average Bonchev–Trinajstić information content (AvgIpc) is 3.48. The van der Waals surface area contributed by atoms with E-state index in [2.05, 4.69) is 10.3 Å². The van der Waals surface area contributed by atoms with Gasteiger partial charge in [-0.2, -0.15) is 4.31 Å². The third-order valence-corrected chi connectivity index (χ3v) is 7.26. The second kappa shape index (κ2) is 9.54. The number of amides is 1. The molecule has 3 heterocycles. The van der Waals surface area contributed by atoms with Gasteiger partial charge in [0.15, 0.2) is 0 Å². The minimum absolute atomic E-state index is 0.146. The molecule has 0 unspecified atom stereocenters. The summed E-state index contributed by atoms with van der Waals surface area (Å²) in [6.45, 7) is 1.72. The van der Waals surface area contributed by atoms with Crippen molar-refractivity contribution in [1.82, 2.24) is 19.2 Å². The van der Waals surface area contributed by atoms with E-state index in [0.717, 1.165) is 24.0 Å². The summed E-state index contributed by atoms with van der Waals surface area (Å²) in [5.74, 6) is 0.123. The van der Waals surface area contributed by atoms with Crippen molar-refractivity contribution in [1.29, 1.82) is 0 Å². The van der Waals surface area contributed by atoms with Crippen molar-refractivity contribution in [2.24, 2.45) is 7.05 Å². The maximum atomic E-state index is 12.8. The zero-order valence-corrected chi connectivity index (χ0v) is 18.7. The molecule has 3 aromatic rings. The maximum absolute atomic E-state index is 12.8. The number of sulfonamides is 1. The third kappa shape index (κ3) is 5.00. The van der Waals surface area contributed by atoms with Gasteiger partial charge in [-0.05, 0) is 36.1 Å². The van der Waals surface area contributed by atoms with Crippen LogP contribution < -0.4 is 10.1 Å². The summed E-state index contributed by atoms with van der Waals surface area (Å²) in [6, 6.07) is 14.8. The van der Waals surface area contributed by atoms with Gasteiger partial charge in [0.1, 0.15) is 17.2 Å². The third-order valence-electron chi connectivity index (χ3n) is 5.40. The highest BCUT2D eigenvalue weighted by molar-refractivity contribution is 7.89. The molecule has 1 N–H and O–H groups in total. The van der Waals surface area contributed by atoms with Gasteiger partial charge < -0.3 is 14.6 Å². The lowest BCUT2D eigenvalue weighted by Crippen LogP contribution is -2.27. The van der Waals surface area contributed by atoms with E-state index in [9.17, 15) is 13.2 Å². The summed E-state index contributed by atoms with van der Waals surface area (Å²) in [4.78, 5) is 17.1. The van der Waals surface area contributed by atoms with E-state index >= 15 is 0 Å². The Morgan fingerprint density at radius 1 is 1.09 bits per heavy atom. The quantitative estimate of drug-likeness (QED) is 0.565. The summed E-state index contributed by atoms with van der Waals surface area (Å²) in [6.07, 6.45) is 4.85. The molecular formula is C23H26N4O4S. The minimum Gasteiger partial charge on any atom is -0.473 e. The molecule has 2 aromatic heterocycles. The first-order chi connectivity index (χ1) is 15.4. The van der Waals surface area contributed by atoms with Crippen LogP contribution >= 0.6 is 0 Å². The van der Waals surface area contributed by atoms with Crippen LogP contribution in [0.4, 0.5) is 0 Å². The molecule has 0 aliphatic carbocycles. The van der Waals surface area contributed by atoms with Gasteiger partial charge in [0.2, 0.25) is 15.9 Å². The Balaban J connectivity index is 1.38. The topological polar surface area (TPSA) is 93.5 Å². The van der Waals surface area contributed by atoms with Crippen molar-refractivity contribution >= 4 is 15.9 Å². The van der Waals surface area contributed by atoms with Crippen LogP contribution in [0.1, 0.15) is 34.5 Å². The zero-order valence-electron chi connectivity index (χ0n) is 17.9. The molecule has 0 spiro atoms. The molecule has 32 heavy (non-hydrogen) atoms. The van der Waals surface area contributed by atoms with Crippen molar-refractivity contribution in [2.45, 2.75) is 30.9 Å². The number of benzene rings is 1. The van der Waals surface area contributed by atoms with Crippen LogP contribution in [0.5, 0.6) is 5.88 Å². The molecule has 1 fully saturated rings. The Morgan fingerprint density at radius 2 is 1.84 bits per heavy atom. The molecule has 1 amide bonds. The largest absolute Gasteiger partial charge is 0.473 e. The Kier molecular flexibility index (Phi) is 6.57.